The minimum Gasteiger partial charge on any atom is -0.495 e. The molecule has 2 aliphatic rings. The first-order valence-electron chi connectivity index (χ1n) is 11.1. The fourth-order valence-electron chi connectivity index (χ4n) is 4.45. The molecule has 2 saturated heterocycles. The number of amides is 3. The number of carbonyl (C=O) groups excluding carboxylic acids is 3. The van der Waals surface area contributed by atoms with Crippen molar-refractivity contribution in [1.82, 2.24) is 10.2 Å². The number of ether oxygens (including phenoxy) is 1. The zero-order valence-corrected chi connectivity index (χ0v) is 19.3. The Kier molecular flexibility index (Phi) is 7.81. The van der Waals surface area contributed by atoms with Gasteiger partial charge in [0.05, 0.1) is 18.7 Å². The first kappa shape index (κ1) is 23.4. The van der Waals surface area contributed by atoms with E-state index in [2.05, 4.69) is 5.32 Å². The number of hydrogen-bond acceptors (Lipinski definition) is 4. The van der Waals surface area contributed by atoms with Crippen molar-refractivity contribution < 1.29 is 19.1 Å². The fourth-order valence-corrected chi connectivity index (χ4v) is 4.62. The molecule has 31 heavy (non-hydrogen) atoms. The topological polar surface area (TPSA) is 79.0 Å². The van der Waals surface area contributed by atoms with Gasteiger partial charge in [-0.3, -0.25) is 14.4 Å². The normalized spacial score (nSPS) is 19.8. The summed E-state index contributed by atoms with van der Waals surface area (Å²) in [5.41, 5.74) is 0.587. The van der Waals surface area contributed by atoms with Crippen molar-refractivity contribution >= 4 is 35.0 Å². The number of rotatable bonds is 7. The molecule has 2 heterocycles. The molecule has 3 amide bonds. The molecule has 170 valence electrons. The number of nitrogens with one attached hydrogen (secondary N) is 1. The number of likely N-dealkylation sites (tertiary alicyclic amines) is 1. The third kappa shape index (κ3) is 5.32. The van der Waals surface area contributed by atoms with Gasteiger partial charge in [0.1, 0.15) is 5.75 Å². The molecule has 3 rings (SSSR count). The van der Waals surface area contributed by atoms with Gasteiger partial charge < -0.3 is 19.9 Å². The van der Waals surface area contributed by atoms with Crippen LogP contribution in [0.5, 0.6) is 5.75 Å². The number of hydrogen-bond donors (Lipinski definition) is 1. The second-order valence-electron chi connectivity index (χ2n) is 8.34. The van der Waals surface area contributed by atoms with Gasteiger partial charge in [0.2, 0.25) is 17.7 Å². The van der Waals surface area contributed by atoms with E-state index in [9.17, 15) is 14.4 Å². The van der Waals surface area contributed by atoms with E-state index in [0.717, 1.165) is 25.7 Å². The van der Waals surface area contributed by atoms with Gasteiger partial charge in [0, 0.05) is 43.0 Å². The maximum Gasteiger partial charge on any atom is 0.227 e. The molecule has 0 saturated carbocycles. The summed E-state index contributed by atoms with van der Waals surface area (Å²) in [7, 11) is 1.54. The van der Waals surface area contributed by atoms with Crippen LogP contribution in [0.4, 0.5) is 5.69 Å². The molecular weight excluding hydrogens is 418 g/mol. The lowest BCUT2D eigenvalue weighted by Gasteiger charge is -2.34. The number of halogens is 1. The lowest BCUT2D eigenvalue weighted by Crippen LogP contribution is -2.49. The van der Waals surface area contributed by atoms with E-state index in [1.165, 1.54) is 7.11 Å². The van der Waals surface area contributed by atoms with Crippen LogP contribution in [-0.4, -0.2) is 55.4 Å². The Labute approximate surface area is 189 Å². The highest BCUT2D eigenvalue weighted by Crippen LogP contribution is 2.35. The van der Waals surface area contributed by atoms with Gasteiger partial charge in [0.15, 0.2) is 0 Å². The quantitative estimate of drug-likeness (QED) is 0.693. The SMILES string of the molecule is CCC(CC)C(=O)N1CCC(NC(=O)C2CC(=O)N(c3cc(Cl)ccc3OC)C2)CC1. The average Bonchev–Trinajstić information content (AvgIpc) is 3.16. The van der Waals surface area contributed by atoms with Crippen molar-refractivity contribution in [2.24, 2.45) is 11.8 Å². The molecule has 7 nitrogen and oxygen atoms in total. The minimum atomic E-state index is -0.416. The second-order valence-corrected chi connectivity index (χ2v) is 8.78. The van der Waals surface area contributed by atoms with Gasteiger partial charge in [-0.15, -0.1) is 0 Å². The van der Waals surface area contributed by atoms with Crippen molar-refractivity contribution in [2.45, 2.75) is 52.0 Å². The summed E-state index contributed by atoms with van der Waals surface area (Å²) < 4.78 is 5.36. The van der Waals surface area contributed by atoms with Crippen molar-refractivity contribution in [2.75, 3.05) is 31.6 Å². The van der Waals surface area contributed by atoms with E-state index < -0.39 is 5.92 Å². The smallest absolute Gasteiger partial charge is 0.227 e. The maximum absolute atomic E-state index is 12.8. The summed E-state index contributed by atoms with van der Waals surface area (Å²) in [6.45, 7) is 5.72. The van der Waals surface area contributed by atoms with Crippen LogP contribution in [0.1, 0.15) is 46.0 Å². The van der Waals surface area contributed by atoms with Crippen LogP contribution in [0.2, 0.25) is 5.02 Å². The number of carbonyl (C=O) groups is 3. The molecule has 1 N–H and O–H groups in total. The van der Waals surface area contributed by atoms with E-state index in [-0.39, 0.29) is 36.1 Å². The standard InChI is InChI=1S/C23H32ClN3O4/c1-4-15(5-2)23(30)26-10-8-18(9-11-26)25-22(29)16-12-21(28)27(14-16)19-13-17(24)6-7-20(19)31-3/h6-7,13,15-16,18H,4-5,8-12,14H2,1-3H3,(H,25,29). The van der Waals surface area contributed by atoms with Crippen molar-refractivity contribution in [3.05, 3.63) is 23.2 Å². The van der Waals surface area contributed by atoms with Crippen LogP contribution in [0.15, 0.2) is 18.2 Å². The van der Waals surface area contributed by atoms with Crippen molar-refractivity contribution in [3.63, 3.8) is 0 Å². The zero-order valence-electron chi connectivity index (χ0n) is 18.5. The molecule has 0 aliphatic carbocycles. The van der Waals surface area contributed by atoms with Crippen LogP contribution in [-0.2, 0) is 14.4 Å². The van der Waals surface area contributed by atoms with E-state index in [4.69, 9.17) is 16.3 Å². The van der Waals surface area contributed by atoms with Gasteiger partial charge >= 0.3 is 0 Å². The molecule has 1 aromatic rings. The zero-order chi connectivity index (χ0) is 22.5. The van der Waals surface area contributed by atoms with Gasteiger partial charge in [-0.25, -0.2) is 0 Å². The third-order valence-electron chi connectivity index (χ3n) is 6.42. The van der Waals surface area contributed by atoms with E-state index >= 15 is 0 Å². The van der Waals surface area contributed by atoms with Crippen molar-refractivity contribution in [3.8, 4) is 5.75 Å². The summed E-state index contributed by atoms with van der Waals surface area (Å²) in [6.07, 6.45) is 3.35. The highest BCUT2D eigenvalue weighted by Gasteiger charge is 2.37. The largest absolute Gasteiger partial charge is 0.495 e. The molecule has 1 unspecified atom stereocenters. The van der Waals surface area contributed by atoms with E-state index in [1.807, 2.05) is 18.7 Å². The number of benzene rings is 1. The highest BCUT2D eigenvalue weighted by molar-refractivity contribution is 6.31. The molecule has 2 aliphatic heterocycles. The molecule has 0 radical (unpaired) electrons. The molecule has 8 heteroatoms. The fraction of sp³-hybridized carbons (Fsp3) is 0.609. The molecule has 1 aromatic carbocycles. The molecular formula is C23H32ClN3O4. The summed E-state index contributed by atoms with van der Waals surface area (Å²) >= 11 is 6.10. The molecule has 0 aromatic heterocycles. The lowest BCUT2D eigenvalue weighted by molar-refractivity contribution is -0.137. The molecule has 0 spiro atoms. The van der Waals surface area contributed by atoms with Crippen LogP contribution in [0, 0.1) is 11.8 Å². The Balaban J connectivity index is 1.55. The Bertz CT molecular complexity index is 819. The van der Waals surface area contributed by atoms with Crippen LogP contribution in [0.25, 0.3) is 0 Å². The van der Waals surface area contributed by atoms with Crippen LogP contribution in [0.3, 0.4) is 0 Å². The van der Waals surface area contributed by atoms with Gasteiger partial charge in [-0.2, -0.15) is 0 Å². The van der Waals surface area contributed by atoms with Crippen molar-refractivity contribution in [1.29, 1.82) is 0 Å². The Morgan fingerprint density at radius 2 is 1.90 bits per heavy atom. The third-order valence-corrected chi connectivity index (χ3v) is 6.65. The highest BCUT2D eigenvalue weighted by atomic mass is 35.5. The first-order valence-corrected chi connectivity index (χ1v) is 11.5. The number of piperidine rings is 1. The molecule has 2 fully saturated rings. The number of nitrogens with zero attached hydrogens (tertiary/aromatic N) is 2. The maximum atomic E-state index is 12.8. The summed E-state index contributed by atoms with van der Waals surface area (Å²) in [4.78, 5) is 41.5. The van der Waals surface area contributed by atoms with Gasteiger partial charge in [-0.1, -0.05) is 25.4 Å². The Hall–Kier alpha value is -2.28. The second kappa shape index (κ2) is 10.4. The minimum absolute atomic E-state index is 0.0307. The van der Waals surface area contributed by atoms with Gasteiger partial charge in [-0.05, 0) is 43.9 Å². The van der Waals surface area contributed by atoms with E-state index in [0.29, 0.717) is 36.1 Å². The first-order chi connectivity index (χ1) is 14.9. The monoisotopic (exact) mass is 449 g/mol. The predicted octanol–water partition coefficient (Wildman–Crippen LogP) is 3.24. The van der Waals surface area contributed by atoms with Crippen LogP contribution < -0.4 is 15.0 Å². The average molecular weight is 450 g/mol. The summed E-state index contributed by atoms with van der Waals surface area (Å²) in [5.74, 6) is 0.217. The molecule has 0 bridgehead atoms. The van der Waals surface area contributed by atoms with Crippen LogP contribution >= 0.6 is 11.6 Å². The molecule has 1 atom stereocenters. The predicted molar refractivity (Wildman–Crippen MR) is 120 cm³/mol. The lowest BCUT2D eigenvalue weighted by atomic mass is 9.98. The van der Waals surface area contributed by atoms with E-state index in [1.54, 1.807) is 23.1 Å². The number of methoxy groups -OCH3 is 1. The summed E-state index contributed by atoms with van der Waals surface area (Å²) in [5, 5.41) is 3.60. The Morgan fingerprint density at radius 1 is 1.23 bits per heavy atom. The number of anilines is 1. The Morgan fingerprint density at radius 3 is 2.52 bits per heavy atom. The van der Waals surface area contributed by atoms with Gasteiger partial charge in [0.25, 0.3) is 0 Å². The summed E-state index contributed by atoms with van der Waals surface area (Å²) in [6, 6.07) is 5.14.